The summed E-state index contributed by atoms with van der Waals surface area (Å²) in [5, 5.41) is 8.14. The number of nitrogens with one attached hydrogen (secondary N) is 1. The number of rotatable bonds is 4. The van der Waals surface area contributed by atoms with Gasteiger partial charge in [-0.1, -0.05) is 19.9 Å². The van der Waals surface area contributed by atoms with Gasteiger partial charge >= 0.3 is 0 Å². The minimum atomic E-state index is 0.286. The van der Waals surface area contributed by atoms with Gasteiger partial charge in [-0.3, -0.25) is 4.98 Å². The quantitative estimate of drug-likeness (QED) is 0.574. The first kappa shape index (κ1) is 17.1. The highest BCUT2D eigenvalue weighted by Gasteiger charge is 2.14. The van der Waals surface area contributed by atoms with E-state index < -0.39 is 0 Å². The monoisotopic (exact) mass is 358 g/mol. The minimum Gasteiger partial charge on any atom is -0.340 e. The first-order valence-corrected chi connectivity index (χ1v) is 9.03. The lowest BCUT2D eigenvalue weighted by Crippen LogP contribution is -2.05. The summed E-state index contributed by atoms with van der Waals surface area (Å²) in [5.74, 6) is 2.31. The summed E-state index contributed by atoms with van der Waals surface area (Å²) in [4.78, 5) is 13.5. The highest BCUT2D eigenvalue weighted by molar-refractivity contribution is 5.62. The molecule has 0 spiro atoms. The van der Waals surface area contributed by atoms with E-state index in [4.69, 9.17) is 0 Å². The number of nitrogens with zero attached hydrogens (tertiary/aromatic N) is 5. The fraction of sp³-hybridized carbons (Fsp3) is 0.238. The molecule has 27 heavy (non-hydrogen) atoms. The number of fused-ring (bicyclic) bond motifs is 1. The van der Waals surface area contributed by atoms with Crippen LogP contribution in [0.1, 0.15) is 36.6 Å². The van der Waals surface area contributed by atoms with Crippen molar-refractivity contribution in [3.8, 4) is 11.4 Å². The smallest absolute Gasteiger partial charge is 0.254 e. The number of anilines is 2. The van der Waals surface area contributed by atoms with Crippen LogP contribution in [0.15, 0.2) is 48.8 Å². The topological polar surface area (TPSA) is 68.0 Å². The van der Waals surface area contributed by atoms with Gasteiger partial charge in [0.25, 0.3) is 5.78 Å². The number of hydrogen-bond acceptors (Lipinski definition) is 5. The predicted octanol–water partition coefficient (Wildman–Crippen LogP) is 4.67. The molecule has 0 unspecified atom stereocenters. The third kappa shape index (κ3) is 3.38. The van der Waals surface area contributed by atoms with Crippen LogP contribution in [0.25, 0.3) is 17.2 Å². The van der Waals surface area contributed by atoms with E-state index in [-0.39, 0.29) is 5.92 Å². The molecule has 1 aromatic carbocycles. The van der Waals surface area contributed by atoms with E-state index in [9.17, 15) is 0 Å². The van der Waals surface area contributed by atoms with Crippen molar-refractivity contribution in [2.24, 2.45) is 0 Å². The van der Waals surface area contributed by atoms with Crippen molar-refractivity contribution < 1.29 is 0 Å². The maximum absolute atomic E-state index is 4.68. The van der Waals surface area contributed by atoms with Crippen LogP contribution < -0.4 is 5.32 Å². The minimum absolute atomic E-state index is 0.286. The van der Waals surface area contributed by atoms with Crippen molar-refractivity contribution in [1.82, 2.24) is 24.6 Å². The number of aryl methyl sites for hydroxylation is 2. The summed E-state index contributed by atoms with van der Waals surface area (Å²) < 4.78 is 1.75. The van der Waals surface area contributed by atoms with E-state index in [0.29, 0.717) is 11.6 Å². The van der Waals surface area contributed by atoms with Crippen molar-refractivity contribution in [2.75, 3.05) is 5.32 Å². The second kappa shape index (κ2) is 6.79. The zero-order valence-electron chi connectivity index (χ0n) is 15.9. The molecule has 4 rings (SSSR count). The first-order valence-electron chi connectivity index (χ1n) is 9.03. The van der Waals surface area contributed by atoms with Crippen LogP contribution in [-0.2, 0) is 0 Å². The molecule has 0 fully saturated rings. The second-order valence-electron chi connectivity index (χ2n) is 7.03. The van der Waals surface area contributed by atoms with Gasteiger partial charge in [0.15, 0.2) is 5.82 Å². The lowest BCUT2D eigenvalue weighted by molar-refractivity contribution is 0.809. The fourth-order valence-electron chi connectivity index (χ4n) is 2.86. The normalized spacial score (nSPS) is 11.3. The number of benzene rings is 1. The van der Waals surface area contributed by atoms with Crippen molar-refractivity contribution in [1.29, 1.82) is 0 Å². The molecule has 0 amide bonds. The Morgan fingerprint density at radius 2 is 1.85 bits per heavy atom. The molecular weight excluding hydrogens is 336 g/mol. The predicted molar refractivity (Wildman–Crippen MR) is 107 cm³/mol. The Hall–Kier alpha value is -3.28. The van der Waals surface area contributed by atoms with Gasteiger partial charge in [-0.05, 0) is 55.2 Å². The zero-order chi connectivity index (χ0) is 19.0. The Kier molecular flexibility index (Phi) is 4.32. The molecule has 0 bridgehead atoms. The molecule has 0 atom stereocenters. The van der Waals surface area contributed by atoms with Crippen LogP contribution in [-0.4, -0.2) is 24.6 Å². The van der Waals surface area contributed by atoms with E-state index in [0.717, 1.165) is 22.8 Å². The van der Waals surface area contributed by atoms with Crippen LogP contribution in [0, 0.1) is 13.8 Å². The van der Waals surface area contributed by atoms with Crippen molar-refractivity contribution in [2.45, 2.75) is 33.6 Å². The molecule has 6 heteroatoms. The Morgan fingerprint density at radius 3 is 2.56 bits per heavy atom. The summed E-state index contributed by atoms with van der Waals surface area (Å²) in [7, 11) is 0. The van der Waals surface area contributed by atoms with Crippen LogP contribution >= 0.6 is 0 Å². The Labute approximate surface area is 158 Å². The van der Waals surface area contributed by atoms with E-state index in [2.05, 4.69) is 71.3 Å². The maximum Gasteiger partial charge on any atom is 0.254 e. The molecule has 136 valence electrons. The molecule has 0 aliphatic heterocycles. The molecule has 0 radical (unpaired) electrons. The Morgan fingerprint density at radius 1 is 1.00 bits per heavy atom. The highest BCUT2D eigenvalue weighted by Crippen LogP contribution is 2.24. The first-order chi connectivity index (χ1) is 13.0. The standard InChI is InChI=1S/C21H22N6/c1-13(2)18-11-19(23-17-8-7-14(3)15(4)10-17)27-21(24-18)25-20(26-27)16-6-5-9-22-12-16/h5-13,23H,1-4H3. The molecule has 3 aromatic heterocycles. The van der Waals surface area contributed by atoms with Gasteiger partial charge in [0, 0.05) is 29.7 Å². The Balaban J connectivity index is 1.84. The van der Waals surface area contributed by atoms with Crippen molar-refractivity contribution >= 4 is 17.3 Å². The lowest BCUT2D eigenvalue weighted by atomic mass is 10.1. The van der Waals surface area contributed by atoms with Gasteiger partial charge in [-0.2, -0.15) is 9.50 Å². The summed E-state index contributed by atoms with van der Waals surface area (Å²) in [6, 6.07) is 12.2. The second-order valence-corrected chi connectivity index (χ2v) is 7.03. The van der Waals surface area contributed by atoms with Crippen molar-refractivity contribution in [3.63, 3.8) is 0 Å². The number of pyridine rings is 1. The third-order valence-electron chi connectivity index (χ3n) is 4.62. The number of aromatic nitrogens is 5. The van der Waals surface area contributed by atoms with Gasteiger partial charge in [-0.25, -0.2) is 4.98 Å². The van der Waals surface area contributed by atoms with Crippen LogP contribution in [0.3, 0.4) is 0 Å². The molecule has 4 aromatic rings. The van der Waals surface area contributed by atoms with Crippen molar-refractivity contribution in [3.05, 3.63) is 65.6 Å². The van der Waals surface area contributed by atoms with Crippen LogP contribution in [0.4, 0.5) is 11.5 Å². The molecule has 0 saturated heterocycles. The summed E-state index contributed by atoms with van der Waals surface area (Å²) in [5.41, 5.74) is 5.36. The van der Waals surface area contributed by atoms with Crippen LogP contribution in [0.5, 0.6) is 0 Å². The van der Waals surface area contributed by atoms with E-state index in [1.54, 1.807) is 16.9 Å². The largest absolute Gasteiger partial charge is 0.340 e. The lowest BCUT2D eigenvalue weighted by Gasteiger charge is -2.12. The number of hydrogen-bond donors (Lipinski definition) is 1. The maximum atomic E-state index is 4.68. The fourth-order valence-corrected chi connectivity index (χ4v) is 2.86. The van der Waals surface area contributed by atoms with Gasteiger partial charge in [0.1, 0.15) is 5.82 Å². The van der Waals surface area contributed by atoms with Gasteiger partial charge < -0.3 is 5.32 Å². The van der Waals surface area contributed by atoms with Gasteiger partial charge in [0.05, 0.1) is 5.69 Å². The van der Waals surface area contributed by atoms with E-state index >= 15 is 0 Å². The summed E-state index contributed by atoms with van der Waals surface area (Å²) >= 11 is 0. The zero-order valence-corrected chi connectivity index (χ0v) is 15.9. The van der Waals surface area contributed by atoms with E-state index in [1.165, 1.54) is 11.1 Å². The molecule has 3 heterocycles. The molecule has 6 nitrogen and oxygen atoms in total. The molecule has 1 N–H and O–H groups in total. The SMILES string of the molecule is Cc1ccc(Nc2cc(C(C)C)nc3nc(-c4cccnc4)nn23)cc1C. The molecular formula is C21H22N6. The molecule has 0 saturated carbocycles. The van der Waals surface area contributed by atoms with Gasteiger partial charge in [-0.15, -0.1) is 5.10 Å². The third-order valence-corrected chi connectivity index (χ3v) is 4.62. The molecule has 0 aliphatic carbocycles. The van der Waals surface area contributed by atoms with E-state index in [1.807, 2.05) is 18.2 Å². The summed E-state index contributed by atoms with van der Waals surface area (Å²) in [6.07, 6.45) is 3.50. The summed E-state index contributed by atoms with van der Waals surface area (Å²) in [6.45, 7) is 8.46. The highest BCUT2D eigenvalue weighted by atomic mass is 15.4. The average molecular weight is 358 g/mol. The average Bonchev–Trinajstić information content (AvgIpc) is 3.10. The Bertz CT molecular complexity index is 1100. The molecule has 0 aliphatic rings. The van der Waals surface area contributed by atoms with Crippen LogP contribution in [0.2, 0.25) is 0 Å². The van der Waals surface area contributed by atoms with Gasteiger partial charge in [0.2, 0.25) is 0 Å².